The molecule has 142 valence electrons. The lowest BCUT2D eigenvalue weighted by molar-refractivity contribution is -0.131. The third-order valence-electron chi connectivity index (χ3n) is 3.56. The number of benzene rings is 1. The van der Waals surface area contributed by atoms with Crippen LogP contribution in [-0.2, 0) is 14.3 Å². The van der Waals surface area contributed by atoms with Gasteiger partial charge in [0, 0.05) is 19.4 Å². The van der Waals surface area contributed by atoms with Crippen LogP contribution in [0.25, 0.3) is 0 Å². The van der Waals surface area contributed by atoms with E-state index in [1.807, 2.05) is 51.1 Å². The SMILES string of the molecule is CCOC(CN/C=C(/C#N)C(=O)NC(C)c1ccc(OC)cc1)OCC. The average Bonchev–Trinajstić information content (AvgIpc) is 2.65. The summed E-state index contributed by atoms with van der Waals surface area (Å²) in [5.74, 6) is 0.292. The van der Waals surface area contributed by atoms with Crippen molar-refractivity contribution in [3.05, 3.63) is 41.6 Å². The van der Waals surface area contributed by atoms with Gasteiger partial charge in [0.25, 0.3) is 5.91 Å². The van der Waals surface area contributed by atoms with Crippen molar-refractivity contribution in [2.24, 2.45) is 0 Å². The van der Waals surface area contributed by atoms with E-state index in [9.17, 15) is 10.1 Å². The van der Waals surface area contributed by atoms with E-state index in [0.29, 0.717) is 19.8 Å². The molecule has 1 atom stereocenters. The summed E-state index contributed by atoms with van der Waals surface area (Å²) in [4.78, 5) is 12.3. The van der Waals surface area contributed by atoms with Crippen LogP contribution in [0.5, 0.6) is 5.75 Å². The molecule has 1 unspecified atom stereocenters. The van der Waals surface area contributed by atoms with Crippen LogP contribution in [0.1, 0.15) is 32.4 Å². The zero-order valence-electron chi connectivity index (χ0n) is 15.7. The summed E-state index contributed by atoms with van der Waals surface area (Å²) >= 11 is 0. The number of hydrogen-bond acceptors (Lipinski definition) is 6. The molecule has 26 heavy (non-hydrogen) atoms. The molecule has 0 spiro atoms. The van der Waals surface area contributed by atoms with Gasteiger partial charge in [-0.05, 0) is 38.5 Å². The second-order valence-electron chi connectivity index (χ2n) is 5.39. The number of rotatable bonds is 11. The van der Waals surface area contributed by atoms with Crippen molar-refractivity contribution in [2.75, 3.05) is 26.9 Å². The first kappa shape index (κ1) is 21.5. The molecule has 0 aliphatic carbocycles. The minimum atomic E-state index is -0.451. The minimum Gasteiger partial charge on any atom is -0.497 e. The Morgan fingerprint density at radius 3 is 2.35 bits per heavy atom. The lowest BCUT2D eigenvalue weighted by Gasteiger charge is -2.17. The summed E-state index contributed by atoms with van der Waals surface area (Å²) in [6.45, 7) is 6.96. The molecule has 0 aliphatic heterocycles. The van der Waals surface area contributed by atoms with Crippen LogP contribution < -0.4 is 15.4 Å². The Kier molecular flexibility index (Phi) is 9.83. The fraction of sp³-hybridized carbons (Fsp3) is 0.474. The molecule has 1 rings (SSSR count). The van der Waals surface area contributed by atoms with Gasteiger partial charge in [0.05, 0.1) is 19.7 Å². The molecule has 0 saturated carbocycles. The lowest BCUT2D eigenvalue weighted by atomic mass is 10.1. The number of amides is 1. The summed E-state index contributed by atoms with van der Waals surface area (Å²) in [6, 6.07) is 9.03. The quantitative estimate of drug-likeness (QED) is 0.357. The van der Waals surface area contributed by atoms with E-state index in [0.717, 1.165) is 11.3 Å². The second kappa shape index (κ2) is 11.9. The Bertz CT molecular complexity index is 617. The zero-order chi connectivity index (χ0) is 19.4. The number of carbonyl (C=O) groups is 1. The molecule has 7 heteroatoms. The molecule has 1 aromatic carbocycles. The van der Waals surface area contributed by atoms with Crippen LogP contribution in [0.2, 0.25) is 0 Å². The Balaban J connectivity index is 2.62. The maximum absolute atomic E-state index is 12.3. The van der Waals surface area contributed by atoms with E-state index < -0.39 is 12.2 Å². The van der Waals surface area contributed by atoms with E-state index in [1.54, 1.807) is 7.11 Å². The molecule has 7 nitrogen and oxygen atoms in total. The number of hydrogen-bond donors (Lipinski definition) is 2. The summed E-state index contributed by atoms with van der Waals surface area (Å²) < 4.78 is 15.9. The summed E-state index contributed by atoms with van der Waals surface area (Å²) in [5.41, 5.74) is 0.897. The highest BCUT2D eigenvalue weighted by Crippen LogP contribution is 2.17. The van der Waals surface area contributed by atoms with Gasteiger partial charge in [-0.2, -0.15) is 5.26 Å². The maximum atomic E-state index is 12.3. The van der Waals surface area contributed by atoms with Gasteiger partial charge in [0.1, 0.15) is 17.4 Å². The minimum absolute atomic E-state index is 0.0166. The van der Waals surface area contributed by atoms with Crippen molar-refractivity contribution in [1.82, 2.24) is 10.6 Å². The van der Waals surface area contributed by atoms with Crippen molar-refractivity contribution < 1.29 is 19.0 Å². The van der Waals surface area contributed by atoms with E-state index in [1.165, 1.54) is 6.20 Å². The topological polar surface area (TPSA) is 92.6 Å². The van der Waals surface area contributed by atoms with Crippen LogP contribution in [0.4, 0.5) is 0 Å². The van der Waals surface area contributed by atoms with Crippen LogP contribution in [-0.4, -0.2) is 39.1 Å². The molecule has 0 fully saturated rings. The monoisotopic (exact) mass is 361 g/mol. The Hall–Kier alpha value is -2.56. The fourth-order valence-electron chi connectivity index (χ4n) is 2.19. The van der Waals surface area contributed by atoms with E-state index in [2.05, 4.69) is 10.6 Å². The molecule has 0 bridgehead atoms. The number of nitrogens with one attached hydrogen (secondary N) is 2. The van der Waals surface area contributed by atoms with Crippen molar-refractivity contribution in [2.45, 2.75) is 33.1 Å². The first-order valence-electron chi connectivity index (χ1n) is 8.57. The largest absolute Gasteiger partial charge is 0.497 e. The maximum Gasteiger partial charge on any atom is 0.263 e. The molecule has 1 amide bonds. The predicted molar refractivity (Wildman–Crippen MR) is 98.3 cm³/mol. The molecular formula is C19H27N3O4. The molecule has 0 radical (unpaired) electrons. The summed E-state index contributed by atoms with van der Waals surface area (Å²) in [5, 5.41) is 14.9. The highest BCUT2D eigenvalue weighted by atomic mass is 16.7. The van der Waals surface area contributed by atoms with E-state index >= 15 is 0 Å². The second-order valence-corrected chi connectivity index (χ2v) is 5.39. The lowest BCUT2D eigenvalue weighted by Crippen LogP contribution is -2.31. The number of nitriles is 1. The smallest absolute Gasteiger partial charge is 0.263 e. The highest BCUT2D eigenvalue weighted by Gasteiger charge is 2.14. The molecule has 0 heterocycles. The van der Waals surface area contributed by atoms with Gasteiger partial charge in [-0.15, -0.1) is 0 Å². The van der Waals surface area contributed by atoms with Gasteiger partial charge < -0.3 is 24.8 Å². The molecule has 0 aromatic heterocycles. The average molecular weight is 361 g/mol. The zero-order valence-corrected chi connectivity index (χ0v) is 15.7. The number of carbonyl (C=O) groups excluding carboxylic acids is 1. The molecular weight excluding hydrogens is 334 g/mol. The van der Waals surface area contributed by atoms with Crippen LogP contribution >= 0.6 is 0 Å². The van der Waals surface area contributed by atoms with Gasteiger partial charge in [0.15, 0.2) is 6.29 Å². The van der Waals surface area contributed by atoms with Crippen LogP contribution in [0.15, 0.2) is 36.0 Å². The molecule has 2 N–H and O–H groups in total. The number of methoxy groups -OCH3 is 1. The third-order valence-corrected chi connectivity index (χ3v) is 3.56. The van der Waals surface area contributed by atoms with Crippen molar-refractivity contribution >= 4 is 5.91 Å². The van der Waals surface area contributed by atoms with Gasteiger partial charge in [-0.25, -0.2) is 0 Å². The van der Waals surface area contributed by atoms with Crippen molar-refractivity contribution in [1.29, 1.82) is 5.26 Å². The normalized spacial score (nSPS) is 12.4. The van der Waals surface area contributed by atoms with Crippen LogP contribution in [0.3, 0.4) is 0 Å². The fourth-order valence-corrected chi connectivity index (χ4v) is 2.19. The first-order valence-corrected chi connectivity index (χ1v) is 8.57. The Morgan fingerprint density at radius 1 is 1.23 bits per heavy atom. The molecule has 1 aromatic rings. The third kappa shape index (κ3) is 7.13. The van der Waals surface area contributed by atoms with Gasteiger partial charge in [-0.1, -0.05) is 12.1 Å². The van der Waals surface area contributed by atoms with E-state index in [-0.39, 0.29) is 11.6 Å². The highest BCUT2D eigenvalue weighted by molar-refractivity contribution is 5.97. The van der Waals surface area contributed by atoms with Crippen molar-refractivity contribution in [3.63, 3.8) is 0 Å². The summed E-state index contributed by atoms with van der Waals surface area (Å²) in [7, 11) is 1.60. The Morgan fingerprint density at radius 2 is 1.85 bits per heavy atom. The number of ether oxygens (including phenoxy) is 3. The van der Waals surface area contributed by atoms with Crippen molar-refractivity contribution in [3.8, 4) is 11.8 Å². The Labute approximate surface area is 154 Å². The van der Waals surface area contributed by atoms with E-state index in [4.69, 9.17) is 14.2 Å². The first-order chi connectivity index (χ1) is 12.5. The molecule has 0 aliphatic rings. The van der Waals surface area contributed by atoms with Gasteiger partial charge in [0.2, 0.25) is 0 Å². The van der Waals surface area contributed by atoms with Gasteiger partial charge >= 0.3 is 0 Å². The summed E-state index contributed by atoms with van der Waals surface area (Å²) in [6.07, 6.45) is 0.948. The van der Waals surface area contributed by atoms with Crippen LogP contribution in [0, 0.1) is 11.3 Å². The standard InChI is InChI=1S/C19H27N3O4/c1-5-25-18(26-6-2)13-21-12-16(11-20)19(23)22-14(3)15-7-9-17(24-4)10-8-15/h7-10,12,14,18,21H,5-6,13H2,1-4H3,(H,22,23)/b16-12-. The van der Waals surface area contributed by atoms with Gasteiger partial charge in [-0.3, -0.25) is 4.79 Å². The number of nitrogens with zero attached hydrogens (tertiary/aromatic N) is 1. The molecule has 0 saturated heterocycles. The predicted octanol–water partition coefficient (Wildman–Crippen LogP) is 2.27.